The van der Waals surface area contributed by atoms with Gasteiger partial charge < -0.3 is 20.0 Å². The monoisotopic (exact) mass is 249 g/mol. The molecule has 2 aromatic rings. The van der Waals surface area contributed by atoms with Crippen molar-refractivity contribution in [3.05, 3.63) is 34.2 Å². The molecule has 3 N–H and O–H groups in total. The fraction of sp³-hybridized carbons (Fsp3) is 0.333. The lowest BCUT2D eigenvalue weighted by molar-refractivity contribution is -0.144. The van der Waals surface area contributed by atoms with Gasteiger partial charge in [-0.05, 0) is 24.7 Å². The highest BCUT2D eigenvalue weighted by Gasteiger charge is 2.04. The number of H-pyrrole nitrogens is 2. The van der Waals surface area contributed by atoms with E-state index in [0.29, 0.717) is 18.5 Å². The highest BCUT2D eigenvalue weighted by atomic mass is 16.5. The Balaban J connectivity index is 1.99. The normalized spacial score (nSPS) is 10.7. The van der Waals surface area contributed by atoms with E-state index in [1.165, 1.54) is 0 Å². The number of ether oxygens (including phenoxy) is 1. The molecule has 6 heteroatoms. The average molecular weight is 249 g/mol. The molecule has 0 atom stereocenters. The number of hydrogen-bond donors (Lipinski definition) is 3. The molecule has 0 amide bonds. The number of nitrogens with one attached hydrogen (secondary N) is 3. The van der Waals surface area contributed by atoms with Crippen LogP contribution < -0.4 is 11.0 Å². The predicted molar refractivity (Wildman–Crippen MR) is 67.3 cm³/mol. The lowest BCUT2D eigenvalue weighted by Gasteiger charge is -2.04. The van der Waals surface area contributed by atoms with E-state index in [0.717, 1.165) is 11.1 Å². The Bertz CT molecular complexity index is 600. The molecule has 0 aliphatic heterocycles. The van der Waals surface area contributed by atoms with E-state index >= 15 is 0 Å². The van der Waals surface area contributed by atoms with Crippen LogP contribution in [0.25, 0.3) is 11.0 Å². The standard InChI is InChI=1S/C12H15N3O3/c1-13-5-4-11(16)18-7-8-2-3-9-10(6-8)15-12(17)14-9/h2-3,6,13H,4-5,7H2,1H3,(H2,14,15,17). The molecule has 0 saturated carbocycles. The largest absolute Gasteiger partial charge is 0.461 e. The molecule has 0 spiro atoms. The number of carbonyl (C=O) groups excluding carboxylic acids is 1. The molecule has 2 rings (SSSR count). The molecule has 0 radical (unpaired) electrons. The summed E-state index contributed by atoms with van der Waals surface area (Å²) >= 11 is 0. The van der Waals surface area contributed by atoms with E-state index in [1.54, 1.807) is 19.2 Å². The van der Waals surface area contributed by atoms with Crippen LogP contribution in [0.15, 0.2) is 23.0 Å². The molecule has 96 valence electrons. The molecule has 0 bridgehead atoms. The number of esters is 1. The number of rotatable bonds is 5. The van der Waals surface area contributed by atoms with E-state index in [1.807, 2.05) is 6.07 Å². The molecule has 1 heterocycles. The third-order valence-electron chi connectivity index (χ3n) is 2.56. The van der Waals surface area contributed by atoms with Crippen LogP contribution in [0.5, 0.6) is 0 Å². The van der Waals surface area contributed by atoms with Gasteiger partial charge in [0.2, 0.25) is 0 Å². The molecule has 0 saturated heterocycles. The van der Waals surface area contributed by atoms with Gasteiger partial charge in [-0.15, -0.1) is 0 Å². The van der Waals surface area contributed by atoms with Crippen molar-refractivity contribution >= 4 is 17.0 Å². The van der Waals surface area contributed by atoms with Crippen molar-refractivity contribution in [3.63, 3.8) is 0 Å². The molecular weight excluding hydrogens is 234 g/mol. The van der Waals surface area contributed by atoms with Crippen molar-refractivity contribution in [3.8, 4) is 0 Å². The molecular formula is C12H15N3O3. The Morgan fingerprint density at radius 3 is 2.89 bits per heavy atom. The first kappa shape index (κ1) is 12.4. The van der Waals surface area contributed by atoms with E-state index in [2.05, 4.69) is 15.3 Å². The number of aromatic nitrogens is 2. The quantitative estimate of drug-likeness (QED) is 0.674. The number of hydrogen-bond acceptors (Lipinski definition) is 4. The third-order valence-corrected chi connectivity index (χ3v) is 2.56. The molecule has 18 heavy (non-hydrogen) atoms. The van der Waals surface area contributed by atoms with Gasteiger partial charge >= 0.3 is 11.7 Å². The van der Waals surface area contributed by atoms with Crippen LogP contribution in [0.1, 0.15) is 12.0 Å². The number of aromatic amines is 2. The van der Waals surface area contributed by atoms with Crippen LogP contribution in [0.2, 0.25) is 0 Å². The van der Waals surface area contributed by atoms with Gasteiger partial charge in [-0.2, -0.15) is 0 Å². The average Bonchev–Trinajstić information content (AvgIpc) is 2.73. The van der Waals surface area contributed by atoms with E-state index < -0.39 is 0 Å². The summed E-state index contributed by atoms with van der Waals surface area (Å²) in [4.78, 5) is 27.7. The first-order chi connectivity index (χ1) is 8.69. The van der Waals surface area contributed by atoms with Gasteiger partial charge in [-0.3, -0.25) is 4.79 Å². The fourth-order valence-electron chi connectivity index (χ4n) is 1.63. The topological polar surface area (TPSA) is 87.0 Å². The summed E-state index contributed by atoms with van der Waals surface area (Å²) in [5, 5.41) is 2.88. The molecule has 1 aromatic heterocycles. The summed E-state index contributed by atoms with van der Waals surface area (Å²) in [6, 6.07) is 5.39. The Hall–Kier alpha value is -2.08. The minimum atomic E-state index is -0.244. The van der Waals surface area contributed by atoms with Crippen molar-refractivity contribution in [1.29, 1.82) is 0 Å². The molecule has 0 aliphatic rings. The Kier molecular flexibility index (Phi) is 3.78. The van der Waals surface area contributed by atoms with Gasteiger partial charge in [0.25, 0.3) is 0 Å². The number of imidazole rings is 1. The Labute approximate surface area is 103 Å². The van der Waals surface area contributed by atoms with Crippen LogP contribution in [0.3, 0.4) is 0 Å². The zero-order valence-corrected chi connectivity index (χ0v) is 10.1. The van der Waals surface area contributed by atoms with Gasteiger partial charge in [-0.1, -0.05) is 6.07 Å². The second-order valence-corrected chi connectivity index (χ2v) is 3.97. The van der Waals surface area contributed by atoms with Crippen LogP contribution in [-0.4, -0.2) is 29.5 Å². The Morgan fingerprint density at radius 2 is 2.11 bits per heavy atom. The lowest BCUT2D eigenvalue weighted by atomic mass is 10.2. The van der Waals surface area contributed by atoms with Crippen LogP contribution in [0, 0.1) is 0 Å². The second-order valence-electron chi connectivity index (χ2n) is 3.97. The van der Waals surface area contributed by atoms with Gasteiger partial charge in [0, 0.05) is 6.54 Å². The number of carbonyl (C=O) groups is 1. The number of fused-ring (bicyclic) bond motifs is 1. The van der Waals surface area contributed by atoms with Crippen molar-refractivity contribution < 1.29 is 9.53 Å². The molecule has 0 fully saturated rings. The summed E-state index contributed by atoms with van der Waals surface area (Å²) in [5.74, 6) is -0.244. The molecule has 6 nitrogen and oxygen atoms in total. The summed E-state index contributed by atoms with van der Waals surface area (Å²) in [6.45, 7) is 0.814. The summed E-state index contributed by atoms with van der Waals surface area (Å²) in [6.07, 6.45) is 0.347. The smallest absolute Gasteiger partial charge is 0.323 e. The van der Waals surface area contributed by atoms with E-state index in [-0.39, 0.29) is 18.3 Å². The van der Waals surface area contributed by atoms with E-state index in [4.69, 9.17) is 4.74 Å². The van der Waals surface area contributed by atoms with Crippen molar-refractivity contribution in [2.75, 3.05) is 13.6 Å². The van der Waals surface area contributed by atoms with Crippen LogP contribution >= 0.6 is 0 Å². The zero-order valence-electron chi connectivity index (χ0n) is 10.1. The minimum absolute atomic E-state index is 0.214. The molecule has 0 aliphatic carbocycles. The highest BCUT2D eigenvalue weighted by molar-refractivity contribution is 5.75. The van der Waals surface area contributed by atoms with Gasteiger partial charge in [0.05, 0.1) is 17.5 Å². The summed E-state index contributed by atoms with van der Waals surface area (Å²) < 4.78 is 5.10. The first-order valence-electron chi connectivity index (χ1n) is 5.70. The van der Waals surface area contributed by atoms with E-state index in [9.17, 15) is 9.59 Å². The Morgan fingerprint density at radius 1 is 1.33 bits per heavy atom. The van der Waals surface area contributed by atoms with Crippen LogP contribution in [-0.2, 0) is 16.1 Å². The fourth-order valence-corrected chi connectivity index (χ4v) is 1.63. The molecule has 0 unspecified atom stereocenters. The maximum atomic E-state index is 11.3. The van der Waals surface area contributed by atoms with Crippen LogP contribution in [0.4, 0.5) is 0 Å². The minimum Gasteiger partial charge on any atom is -0.461 e. The maximum Gasteiger partial charge on any atom is 0.323 e. The maximum absolute atomic E-state index is 11.3. The second kappa shape index (κ2) is 5.50. The van der Waals surface area contributed by atoms with Gasteiger partial charge in [0.15, 0.2) is 0 Å². The predicted octanol–water partition coefficient (Wildman–Crippen LogP) is 0.509. The van der Waals surface area contributed by atoms with Gasteiger partial charge in [0.1, 0.15) is 6.61 Å². The first-order valence-corrected chi connectivity index (χ1v) is 5.70. The summed E-state index contributed by atoms with van der Waals surface area (Å²) in [7, 11) is 1.78. The lowest BCUT2D eigenvalue weighted by Crippen LogP contribution is -2.14. The van der Waals surface area contributed by atoms with Crippen molar-refractivity contribution in [2.24, 2.45) is 0 Å². The van der Waals surface area contributed by atoms with Gasteiger partial charge in [-0.25, -0.2) is 4.79 Å². The zero-order chi connectivity index (χ0) is 13.0. The highest BCUT2D eigenvalue weighted by Crippen LogP contribution is 2.11. The molecule has 1 aromatic carbocycles. The van der Waals surface area contributed by atoms with Crippen molar-refractivity contribution in [2.45, 2.75) is 13.0 Å². The van der Waals surface area contributed by atoms with Crippen molar-refractivity contribution in [1.82, 2.24) is 15.3 Å². The SMILES string of the molecule is CNCCC(=O)OCc1ccc2[nH]c(=O)[nH]c2c1. The number of benzene rings is 1. The summed E-state index contributed by atoms with van der Waals surface area (Å²) in [5.41, 5.74) is 2.05. The third kappa shape index (κ3) is 2.98.